The minimum absolute atomic E-state index is 0.0135. The fourth-order valence-electron chi connectivity index (χ4n) is 3.65. The number of Topliss-reactive ketones (excluding diaryl/α,β-unsaturated/α-hetero) is 1. The molecule has 0 saturated heterocycles. The summed E-state index contributed by atoms with van der Waals surface area (Å²) in [4.78, 5) is 33.9. The molecule has 0 bridgehead atoms. The number of imidazole rings is 1. The molecule has 1 aliphatic rings. The number of halogens is 3. The molecule has 31 heavy (non-hydrogen) atoms. The van der Waals surface area contributed by atoms with Crippen molar-refractivity contribution in [2.24, 2.45) is 0 Å². The Hall–Kier alpha value is -3.62. The maximum Gasteiger partial charge on any atom is 0.460 e. The Kier molecular flexibility index (Phi) is 5.50. The standard InChI is InChI=1S/C22H19F3N4O2/c23-22(24,25)20(30)21(31)29-9-8-28(13-18-11-26-14-27-18)19-7-6-16(10-17(19)12-29)15-4-2-1-3-5-15/h1-7,10-11,14H,8-9,12-13H2,(H,26,27). The molecule has 0 fully saturated rings. The molecule has 0 saturated carbocycles. The third kappa shape index (κ3) is 4.45. The molecule has 2 aromatic carbocycles. The molecule has 0 radical (unpaired) electrons. The topological polar surface area (TPSA) is 69.3 Å². The van der Waals surface area contributed by atoms with Gasteiger partial charge in [0.25, 0.3) is 5.91 Å². The number of H-pyrrole nitrogens is 1. The average Bonchev–Trinajstić information content (AvgIpc) is 3.20. The van der Waals surface area contributed by atoms with Gasteiger partial charge >= 0.3 is 12.0 Å². The number of alkyl halides is 3. The number of aromatic amines is 1. The number of carbonyl (C=O) groups is 2. The molecule has 160 valence electrons. The number of amides is 1. The van der Waals surface area contributed by atoms with Crippen molar-refractivity contribution >= 4 is 17.4 Å². The van der Waals surface area contributed by atoms with Gasteiger partial charge in [0.1, 0.15) is 0 Å². The minimum Gasteiger partial charge on any atom is -0.364 e. The molecule has 1 amide bonds. The molecule has 3 aromatic rings. The number of carbonyl (C=O) groups excluding carboxylic acids is 2. The molecule has 0 atom stereocenters. The van der Waals surface area contributed by atoms with E-state index in [1.54, 1.807) is 12.5 Å². The van der Waals surface area contributed by atoms with Crippen molar-refractivity contribution in [1.82, 2.24) is 14.9 Å². The molecule has 1 N–H and O–H groups in total. The van der Waals surface area contributed by atoms with Crippen LogP contribution in [0.2, 0.25) is 0 Å². The first-order valence-electron chi connectivity index (χ1n) is 9.64. The summed E-state index contributed by atoms with van der Waals surface area (Å²) in [6.45, 7) is 0.575. The van der Waals surface area contributed by atoms with Crippen molar-refractivity contribution in [3.63, 3.8) is 0 Å². The van der Waals surface area contributed by atoms with Crippen LogP contribution in [0.5, 0.6) is 0 Å². The van der Waals surface area contributed by atoms with Gasteiger partial charge in [0.2, 0.25) is 0 Å². The van der Waals surface area contributed by atoms with Crippen LogP contribution in [0.4, 0.5) is 18.9 Å². The largest absolute Gasteiger partial charge is 0.460 e. The lowest BCUT2D eigenvalue weighted by atomic mass is 10.0. The highest BCUT2D eigenvalue weighted by Gasteiger charge is 2.45. The minimum atomic E-state index is -5.20. The Morgan fingerprint density at radius 3 is 2.48 bits per heavy atom. The number of aromatic nitrogens is 2. The van der Waals surface area contributed by atoms with Gasteiger partial charge in [-0.15, -0.1) is 0 Å². The summed E-state index contributed by atoms with van der Waals surface area (Å²) < 4.78 is 38.5. The van der Waals surface area contributed by atoms with Gasteiger partial charge in [-0.3, -0.25) is 9.59 Å². The van der Waals surface area contributed by atoms with Crippen LogP contribution < -0.4 is 4.90 Å². The molecule has 4 rings (SSSR count). The molecular weight excluding hydrogens is 409 g/mol. The first kappa shape index (κ1) is 20.6. The molecule has 2 heterocycles. The second kappa shape index (κ2) is 8.25. The Balaban J connectivity index is 1.70. The highest BCUT2D eigenvalue weighted by molar-refractivity contribution is 6.38. The summed E-state index contributed by atoms with van der Waals surface area (Å²) in [5, 5.41) is 0. The Morgan fingerprint density at radius 2 is 1.81 bits per heavy atom. The lowest BCUT2D eigenvalue weighted by Crippen LogP contribution is -2.44. The monoisotopic (exact) mass is 428 g/mol. The third-order valence-corrected chi connectivity index (χ3v) is 5.17. The zero-order valence-electron chi connectivity index (χ0n) is 16.4. The van der Waals surface area contributed by atoms with Crippen LogP contribution in [-0.2, 0) is 22.7 Å². The predicted octanol–water partition coefficient (Wildman–Crippen LogP) is 3.56. The van der Waals surface area contributed by atoms with Crippen LogP contribution in [0.15, 0.2) is 61.1 Å². The van der Waals surface area contributed by atoms with Crippen LogP contribution in [-0.4, -0.2) is 45.8 Å². The van der Waals surface area contributed by atoms with Gasteiger partial charge in [-0.05, 0) is 28.8 Å². The Bertz CT molecular complexity index is 1080. The number of rotatable bonds is 4. The van der Waals surface area contributed by atoms with Crippen LogP contribution in [0.3, 0.4) is 0 Å². The zero-order chi connectivity index (χ0) is 22.0. The molecule has 0 aliphatic carbocycles. The molecule has 1 aliphatic heterocycles. The van der Waals surface area contributed by atoms with E-state index in [9.17, 15) is 22.8 Å². The molecule has 0 unspecified atom stereocenters. The van der Waals surface area contributed by atoms with E-state index in [2.05, 4.69) is 9.97 Å². The van der Waals surface area contributed by atoms with Gasteiger partial charge in [-0.1, -0.05) is 36.4 Å². The summed E-state index contributed by atoms with van der Waals surface area (Å²) in [6, 6.07) is 15.2. The summed E-state index contributed by atoms with van der Waals surface area (Å²) >= 11 is 0. The molecular formula is C22H19F3N4O2. The number of hydrogen-bond acceptors (Lipinski definition) is 4. The van der Waals surface area contributed by atoms with Crippen LogP contribution in [0, 0.1) is 0 Å². The second-order valence-electron chi connectivity index (χ2n) is 7.25. The SMILES string of the molecule is O=C(C(=O)C(F)(F)F)N1CCN(Cc2c[nH]cn2)c2ccc(-c3ccccc3)cc2C1. The Morgan fingerprint density at radius 1 is 1.03 bits per heavy atom. The van der Waals surface area contributed by atoms with E-state index in [4.69, 9.17) is 0 Å². The van der Waals surface area contributed by atoms with Gasteiger partial charge in [0, 0.05) is 31.5 Å². The third-order valence-electron chi connectivity index (χ3n) is 5.17. The fraction of sp³-hybridized carbons (Fsp3) is 0.227. The van der Waals surface area contributed by atoms with Crippen LogP contribution in [0.1, 0.15) is 11.3 Å². The number of fused-ring (bicyclic) bond motifs is 1. The first-order valence-corrected chi connectivity index (χ1v) is 9.64. The van der Waals surface area contributed by atoms with Crippen molar-refractivity contribution in [2.45, 2.75) is 19.3 Å². The number of hydrogen-bond donors (Lipinski definition) is 1. The highest BCUT2D eigenvalue weighted by Crippen LogP contribution is 2.32. The zero-order valence-corrected chi connectivity index (χ0v) is 16.4. The number of ketones is 1. The number of nitrogens with one attached hydrogen (secondary N) is 1. The van der Waals surface area contributed by atoms with Gasteiger partial charge in [-0.25, -0.2) is 4.98 Å². The van der Waals surface area contributed by atoms with Crippen molar-refractivity contribution in [3.8, 4) is 11.1 Å². The summed E-state index contributed by atoms with van der Waals surface area (Å²) in [5.74, 6) is -3.89. The maximum atomic E-state index is 12.8. The number of nitrogens with zero attached hydrogens (tertiary/aromatic N) is 3. The van der Waals surface area contributed by atoms with E-state index in [1.165, 1.54) is 0 Å². The van der Waals surface area contributed by atoms with E-state index < -0.39 is 17.9 Å². The lowest BCUT2D eigenvalue weighted by Gasteiger charge is -2.24. The molecule has 9 heteroatoms. The smallest absolute Gasteiger partial charge is 0.364 e. The van der Waals surface area contributed by atoms with Crippen molar-refractivity contribution < 1.29 is 22.8 Å². The van der Waals surface area contributed by atoms with Crippen LogP contribution >= 0.6 is 0 Å². The summed E-state index contributed by atoms with van der Waals surface area (Å²) in [7, 11) is 0. The van der Waals surface area contributed by atoms with Crippen LogP contribution in [0.25, 0.3) is 11.1 Å². The molecule has 6 nitrogen and oxygen atoms in total. The van der Waals surface area contributed by atoms with Gasteiger partial charge in [-0.2, -0.15) is 13.2 Å². The van der Waals surface area contributed by atoms with Crippen molar-refractivity contribution in [1.29, 1.82) is 0 Å². The van der Waals surface area contributed by atoms with Gasteiger partial charge in [0.05, 0.1) is 18.6 Å². The number of benzene rings is 2. The summed E-state index contributed by atoms with van der Waals surface area (Å²) in [5.41, 5.74) is 4.02. The normalized spacial score (nSPS) is 14.2. The van der Waals surface area contributed by atoms with E-state index >= 15 is 0 Å². The van der Waals surface area contributed by atoms with Crippen molar-refractivity contribution in [3.05, 3.63) is 72.3 Å². The fourth-order valence-corrected chi connectivity index (χ4v) is 3.65. The second-order valence-corrected chi connectivity index (χ2v) is 7.25. The van der Waals surface area contributed by atoms with Crippen molar-refractivity contribution in [2.75, 3.05) is 18.0 Å². The van der Waals surface area contributed by atoms with E-state index in [-0.39, 0.29) is 19.6 Å². The average molecular weight is 428 g/mol. The Labute approximate surface area is 176 Å². The number of anilines is 1. The quantitative estimate of drug-likeness (QED) is 0.646. The molecule has 1 aromatic heterocycles. The lowest BCUT2D eigenvalue weighted by molar-refractivity contribution is -0.178. The predicted molar refractivity (Wildman–Crippen MR) is 108 cm³/mol. The van der Waals surface area contributed by atoms with E-state index in [0.717, 1.165) is 27.4 Å². The first-order chi connectivity index (χ1) is 14.8. The van der Waals surface area contributed by atoms with E-state index in [1.807, 2.05) is 53.4 Å². The molecule has 0 spiro atoms. The van der Waals surface area contributed by atoms with Gasteiger partial charge in [0.15, 0.2) is 0 Å². The highest BCUT2D eigenvalue weighted by atomic mass is 19.4. The van der Waals surface area contributed by atoms with Gasteiger partial charge < -0.3 is 14.8 Å². The van der Waals surface area contributed by atoms with E-state index in [0.29, 0.717) is 12.1 Å². The maximum absolute atomic E-state index is 12.8. The summed E-state index contributed by atoms with van der Waals surface area (Å²) in [6.07, 6.45) is -1.92.